The van der Waals surface area contributed by atoms with Gasteiger partial charge in [0, 0.05) is 17.1 Å². The Kier molecular flexibility index (Phi) is 16.4. The highest BCUT2D eigenvalue weighted by atomic mass is 15.1. The van der Waals surface area contributed by atoms with Gasteiger partial charge in [0.05, 0.1) is 10.8 Å². The lowest BCUT2D eigenvalue weighted by atomic mass is 9.49. The van der Waals surface area contributed by atoms with E-state index in [2.05, 4.69) is 0 Å². The molecule has 0 atom stereocenters. The molecule has 332 valence electrons. The highest BCUT2D eigenvalue weighted by Crippen LogP contribution is 2.54. The lowest BCUT2D eigenvalue weighted by Gasteiger charge is -2.44. The fourth-order valence-electron chi connectivity index (χ4n) is 13.3. The minimum absolute atomic E-state index is 0.0102. The SMILES string of the molecule is [B]c1cc(N(c2ccc(C3(c4cc([B])c([B])c([B])c4[B])c4c([B])c([B])c([B])c([B])c4-c4c([B])c([B])c([B])c([B])c43)cc2)c2c([B])c([B])c(C3(c4cc([B])c([B])c([B])c4[B])c4c([B])c([B])c([B])c([B])c4-c4c([B])c([B])c([B])c([B])c43)c([B])c2[B])c([B])c([B])c1[B]. The third-order valence-corrected chi connectivity index (χ3v) is 17.9. The molecule has 64 radical (unpaired) electrons. The molecule has 1 nitrogen and oxygen atoms in total. The van der Waals surface area contributed by atoms with E-state index in [-0.39, 0.29) is 259 Å². The molecule has 0 aliphatic heterocycles. The predicted octanol–water partition coefficient (Wildman–Crippen LogP) is -24.7. The first kappa shape index (κ1) is 65.4. The minimum atomic E-state index is -2.24. The molecule has 9 aromatic carbocycles. The highest BCUT2D eigenvalue weighted by Gasteiger charge is 2.53. The van der Waals surface area contributed by atoms with Gasteiger partial charge in [-0.3, -0.25) is 0 Å². The van der Waals surface area contributed by atoms with Crippen LogP contribution in [-0.4, -0.2) is 251 Å². The molecule has 89 heavy (non-hydrogen) atoms. The molecule has 0 amide bonds. The zero-order valence-electron chi connectivity index (χ0n) is 47.5. The van der Waals surface area contributed by atoms with Crippen molar-refractivity contribution in [2.24, 2.45) is 0 Å². The van der Waals surface area contributed by atoms with Gasteiger partial charge in [-0.15, -0.1) is 92.9 Å². The average molecular weight is 1040 g/mol. The number of nitrogens with zero attached hydrogens (tertiary/aromatic N) is 1. The Labute approximate surface area is 563 Å². The molecule has 33 heteroatoms. The second-order valence-corrected chi connectivity index (χ2v) is 22.1. The Morgan fingerprint density at radius 3 is 0.809 bits per heavy atom. The lowest BCUT2D eigenvalue weighted by Crippen LogP contribution is -2.60. The molecular formula is C56H7B32N. The Bertz CT molecular complexity index is 4600. The summed E-state index contributed by atoms with van der Waals surface area (Å²) in [7, 11) is 221. The fraction of sp³-hybridized carbons (Fsp3) is 0.0357. The Morgan fingerprint density at radius 1 is 0.213 bits per heavy atom. The molecule has 0 spiro atoms. The van der Waals surface area contributed by atoms with Crippen LogP contribution >= 0.6 is 0 Å². The van der Waals surface area contributed by atoms with Crippen molar-refractivity contribution >= 4 is 443 Å². The molecular weight excluding hydrogens is 1030 g/mol. The topological polar surface area (TPSA) is 3.24 Å². The Morgan fingerprint density at radius 2 is 0.472 bits per heavy atom. The normalized spacial score (nSPS) is 13.2. The van der Waals surface area contributed by atoms with Crippen molar-refractivity contribution in [2.75, 3.05) is 4.90 Å². The zero-order chi connectivity index (χ0) is 65.7. The molecule has 2 aliphatic carbocycles. The second kappa shape index (κ2) is 22.3. The third-order valence-electron chi connectivity index (χ3n) is 17.9. The van der Waals surface area contributed by atoms with Crippen LogP contribution in [0.2, 0.25) is 0 Å². The van der Waals surface area contributed by atoms with Crippen LogP contribution in [0, 0.1) is 0 Å². The van der Waals surface area contributed by atoms with Crippen LogP contribution in [0.15, 0.2) is 42.5 Å². The first-order chi connectivity index (χ1) is 41.5. The van der Waals surface area contributed by atoms with Crippen LogP contribution in [-0.2, 0) is 10.8 Å². The van der Waals surface area contributed by atoms with Gasteiger partial charge in [-0.25, -0.2) is 0 Å². The summed E-state index contributed by atoms with van der Waals surface area (Å²) in [4.78, 5) is 1.45. The number of hydrogen-bond acceptors (Lipinski definition) is 1. The fourth-order valence-corrected chi connectivity index (χ4v) is 13.3. The van der Waals surface area contributed by atoms with Gasteiger partial charge >= 0.3 is 0 Å². The first-order valence-electron chi connectivity index (χ1n) is 26.5. The molecule has 0 aromatic heterocycles. The van der Waals surface area contributed by atoms with E-state index in [0.717, 1.165) is 0 Å². The maximum absolute atomic E-state index is 7.58. The van der Waals surface area contributed by atoms with Crippen molar-refractivity contribution in [3.05, 3.63) is 87.0 Å². The Hall–Kier alpha value is -5.14. The summed E-state index contributed by atoms with van der Waals surface area (Å²) >= 11 is 0. The lowest BCUT2D eigenvalue weighted by molar-refractivity contribution is 0.787. The van der Waals surface area contributed by atoms with Crippen LogP contribution in [0.4, 0.5) is 17.1 Å². The van der Waals surface area contributed by atoms with Crippen molar-refractivity contribution in [2.45, 2.75) is 10.8 Å². The maximum atomic E-state index is 7.58. The molecule has 11 rings (SSSR count). The summed E-state index contributed by atoms with van der Waals surface area (Å²) in [6.45, 7) is 0. The van der Waals surface area contributed by atoms with Gasteiger partial charge < -0.3 is 4.90 Å². The van der Waals surface area contributed by atoms with E-state index < -0.39 is 10.8 Å². The molecule has 2 aliphatic rings. The van der Waals surface area contributed by atoms with E-state index in [1.807, 2.05) is 0 Å². The van der Waals surface area contributed by atoms with Crippen LogP contribution in [0.1, 0.15) is 44.5 Å². The van der Waals surface area contributed by atoms with E-state index in [1.165, 1.54) is 23.1 Å². The molecule has 0 bridgehead atoms. The molecule has 0 unspecified atom stereocenters. The van der Waals surface area contributed by atoms with Crippen molar-refractivity contribution in [3.63, 3.8) is 0 Å². The Balaban J connectivity index is 1.30. The average Bonchev–Trinajstić information content (AvgIpc) is 1.55. The number of rotatable bonds is 7. The summed E-state index contributed by atoms with van der Waals surface area (Å²) in [5.74, 6) is 0. The van der Waals surface area contributed by atoms with Gasteiger partial charge in [-0.1, -0.05) is 106 Å². The van der Waals surface area contributed by atoms with Crippen LogP contribution < -0.4 is 180 Å². The largest absolute Gasteiger partial charge is 0.312 e. The summed E-state index contributed by atoms with van der Waals surface area (Å²) in [6.07, 6.45) is 0. The summed E-state index contributed by atoms with van der Waals surface area (Å²) in [5.41, 5.74) is -7.92. The molecule has 0 N–H and O–H groups in total. The van der Waals surface area contributed by atoms with E-state index >= 15 is 0 Å². The predicted molar refractivity (Wildman–Crippen MR) is 408 cm³/mol. The maximum Gasteiger partial charge on any atom is 0.115 e. The standard InChI is InChI=1S/C56H7B32N/c57-12-5-10(25(60)41(76)27(12)62)55(20-16(31(66)44(79)48(83)35(20)70)17-21(55)36(71)49(84)45(80)32(17)67)8-1-3-9(4-2-8)89(15-7-14(59)29(64)43(78)30(15)65)54-52(87)39(74)24(40(75)53(54)88)56(11-6-13(58)28(63)42(77)26(11)61)22-18(33(68)46(81)50(85)37(22)72)19-23(56)38(73)51(86)47(82)34(19)69/h1-7H. The quantitative estimate of drug-likeness (QED) is 0.144. The van der Waals surface area contributed by atoms with Gasteiger partial charge in [0.15, 0.2) is 0 Å². The van der Waals surface area contributed by atoms with Crippen LogP contribution in [0.25, 0.3) is 22.3 Å². The summed E-state index contributed by atoms with van der Waals surface area (Å²) in [6, 6.07) is 10.7. The second-order valence-electron chi connectivity index (χ2n) is 22.1. The third kappa shape index (κ3) is 8.47. The van der Waals surface area contributed by atoms with Gasteiger partial charge in [0.1, 0.15) is 251 Å². The summed E-state index contributed by atoms with van der Waals surface area (Å²) in [5, 5.41) is 0. The number of fused-ring (bicyclic) bond motifs is 6. The monoisotopic (exact) mass is 1050 g/mol. The zero-order valence-corrected chi connectivity index (χ0v) is 47.5. The van der Waals surface area contributed by atoms with E-state index in [0.29, 0.717) is 0 Å². The molecule has 9 aromatic rings. The van der Waals surface area contributed by atoms with Crippen molar-refractivity contribution in [1.29, 1.82) is 0 Å². The van der Waals surface area contributed by atoms with Crippen molar-refractivity contribution in [1.82, 2.24) is 0 Å². The van der Waals surface area contributed by atoms with Crippen LogP contribution in [0.3, 0.4) is 0 Å². The number of hydrogen-bond donors (Lipinski definition) is 0. The number of anilines is 3. The minimum Gasteiger partial charge on any atom is -0.312 e. The van der Waals surface area contributed by atoms with Gasteiger partial charge in [-0.2, -0.15) is 0 Å². The number of benzene rings is 9. The smallest absolute Gasteiger partial charge is 0.115 e. The van der Waals surface area contributed by atoms with E-state index in [4.69, 9.17) is 251 Å². The molecule has 0 saturated heterocycles. The highest BCUT2D eigenvalue weighted by molar-refractivity contribution is 6.73. The summed E-state index contributed by atoms with van der Waals surface area (Å²) < 4.78 is 0. The van der Waals surface area contributed by atoms with Gasteiger partial charge in [-0.05, 0) is 85.0 Å². The van der Waals surface area contributed by atoms with Gasteiger partial charge in [0.25, 0.3) is 0 Å². The molecule has 0 heterocycles. The van der Waals surface area contributed by atoms with Gasteiger partial charge in [0.2, 0.25) is 0 Å². The van der Waals surface area contributed by atoms with E-state index in [9.17, 15) is 0 Å². The van der Waals surface area contributed by atoms with E-state index in [1.54, 1.807) is 24.3 Å². The first-order valence-corrected chi connectivity index (χ1v) is 26.5. The van der Waals surface area contributed by atoms with Crippen molar-refractivity contribution < 1.29 is 0 Å². The molecule has 0 fully saturated rings. The molecule has 0 saturated carbocycles. The van der Waals surface area contributed by atoms with Crippen LogP contribution in [0.5, 0.6) is 0 Å². The van der Waals surface area contributed by atoms with Crippen molar-refractivity contribution in [3.8, 4) is 22.3 Å².